The molecular weight excluding hydrogens is 472 g/mol. The van der Waals surface area contributed by atoms with Crippen LogP contribution in [0.25, 0.3) is 5.57 Å². The molecule has 0 unspecified atom stereocenters. The average Bonchev–Trinajstić information content (AvgIpc) is 3.02. The summed E-state index contributed by atoms with van der Waals surface area (Å²) in [4.78, 5) is 49.7. The minimum Gasteiger partial charge on any atom is -0.550 e. The highest BCUT2D eigenvalue weighted by Crippen LogP contribution is 2.45. The van der Waals surface area contributed by atoms with Gasteiger partial charge >= 0.3 is 0 Å². The normalized spacial score (nSPS) is 18.8. The van der Waals surface area contributed by atoms with Crippen LogP contribution >= 0.6 is 39.9 Å². The summed E-state index contributed by atoms with van der Waals surface area (Å²) >= 11 is 9.44. The number of hydrogen-bond acceptors (Lipinski definition) is 8. The molecule has 2 aliphatic heterocycles. The molecule has 0 bridgehead atoms. The Hall–Kier alpha value is -2.24. The van der Waals surface area contributed by atoms with E-state index < -0.39 is 30.3 Å². The lowest BCUT2D eigenvalue weighted by atomic mass is 10.1. The third-order valence-corrected chi connectivity index (χ3v) is 6.05. The van der Waals surface area contributed by atoms with Gasteiger partial charge in [0, 0.05) is 22.6 Å². The van der Waals surface area contributed by atoms with E-state index in [1.807, 2.05) is 0 Å². The molecule has 1 aromatic carbocycles. The highest BCUT2D eigenvalue weighted by atomic mass is 79.9. The van der Waals surface area contributed by atoms with Gasteiger partial charge in [0.25, 0.3) is 11.8 Å². The molecule has 1 fully saturated rings. The molecule has 2 heterocycles. The number of carbonyl (C=O) groups excluding carboxylic acids is 4. The summed E-state index contributed by atoms with van der Waals surface area (Å²) in [5, 5.41) is 21.6. The van der Waals surface area contributed by atoms with Gasteiger partial charge in [0.05, 0.1) is 28.7 Å². The van der Waals surface area contributed by atoms with Crippen molar-refractivity contribution in [3.63, 3.8) is 0 Å². The van der Waals surface area contributed by atoms with Crippen molar-refractivity contribution in [3.05, 3.63) is 33.1 Å². The number of fused-ring (bicyclic) bond motifs is 1. The van der Waals surface area contributed by atoms with Gasteiger partial charge in [-0.1, -0.05) is 39.9 Å². The van der Waals surface area contributed by atoms with Crippen LogP contribution in [0.1, 0.15) is 18.4 Å². The Morgan fingerprint density at radius 1 is 1.11 bits per heavy atom. The first kappa shape index (κ1) is 20.5. The first-order valence-corrected chi connectivity index (χ1v) is 10.0. The van der Waals surface area contributed by atoms with E-state index in [2.05, 4.69) is 15.9 Å². The lowest BCUT2D eigenvalue weighted by Gasteiger charge is -2.17. The van der Waals surface area contributed by atoms with Crippen molar-refractivity contribution in [3.8, 4) is 0 Å². The van der Waals surface area contributed by atoms with Crippen LogP contribution in [0.2, 0.25) is 0 Å². The molecule has 0 saturated carbocycles. The second-order valence-corrected chi connectivity index (χ2v) is 8.49. The van der Waals surface area contributed by atoms with Crippen LogP contribution in [0.15, 0.2) is 27.6 Å². The first-order chi connectivity index (χ1) is 13.2. The molecule has 0 N–H and O–H groups in total. The quantitative estimate of drug-likeness (QED) is 0.398. The molecule has 8 nitrogen and oxygen atoms in total. The van der Waals surface area contributed by atoms with Gasteiger partial charge in [-0.05, 0) is 31.0 Å². The van der Waals surface area contributed by atoms with E-state index in [4.69, 9.17) is 12.2 Å². The molecule has 2 aliphatic rings. The minimum atomic E-state index is -1.43. The van der Waals surface area contributed by atoms with Crippen LogP contribution in [-0.2, 0) is 19.2 Å². The van der Waals surface area contributed by atoms with Gasteiger partial charge in [-0.15, -0.1) is 0 Å². The molecule has 1 aromatic rings. The smallest absolute Gasteiger partial charge is 0.267 e. The van der Waals surface area contributed by atoms with Gasteiger partial charge in [-0.25, -0.2) is 0 Å². The molecular formula is C17H11BrN2O6S2-2. The molecule has 11 heteroatoms. The molecule has 0 aromatic heterocycles. The van der Waals surface area contributed by atoms with Crippen molar-refractivity contribution in [1.82, 2.24) is 4.90 Å². The van der Waals surface area contributed by atoms with Gasteiger partial charge in [-0.2, -0.15) is 0 Å². The summed E-state index contributed by atoms with van der Waals surface area (Å²) in [6, 6.07) is 4.86. The van der Waals surface area contributed by atoms with E-state index in [9.17, 15) is 29.4 Å². The van der Waals surface area contributed by atoms with Gasteiger partial charge in [0.15, 0.2) is 0 Å². The number of hydrogen-bond donors (Lipinski definition) is 0. The topological polar surface area (TPSA) is 121 Å². The van der Waals surface area contributed by atoms with Crippen LogP contribution in [0, 0.1) is 0 Å². The van der Waals surface area contributed by atoms with Crippen LogP contribution in [0.5, 0.6) is 0 Å². The van der Waals surface area contributed by atoms with Crippen LogP contribution < -0.4 is 15.1 Å². The number of carbonyl (C=O) groups is 4. The zero-order chi connectivity index (χ0) is 20.6. The summed E-state index contributed by atoms with van der Waals surface area (Å²) in [5.74, 6) is -3.81. The molecule has 0 atom stereocenters. The van der Waals surface area contributed by atoms with Crippen molar-refractivity contribution in [2.24, 2.45) is 0 Å². The summed E-state index contributed by atoms with van der Waals surface area (Å²) in [6.45, 7) is -0.569. The van der Waals surface area contributed by atoms with Crippen molar-refractivity contribution >= 4 is 79.2 Å². The van der Waals surface area contributed by atoms with Crippen molar-refractivity contribution in [2.75, 3.05) is 18.0 Å². The Bertz CT molecular complexity index is 961. The number of thiocarbonyl (C=S) groups is 1. The largest absolute Gasteiger partial charge is 0.550 e. The molecule has 3 rings (SSSR count). The van der Waals surface area contributed by atoms with Crippen LogP contribution in [0.3, 0.4) is 0 Å². The molecule has 1 saturated heterocycles. The standard InChI is InChI=1S/C17H13BrN2O6S2/c18-8-3-4-10-9(6-8)13(15(25)20(10)7-12(23)24)14-16(26)19(17(27)28-14)5-1-2-11(21)22/h3-4,6H,1-2,5,7H2,(H,21,22)(H,23,24)/p-2/b14-13-. The zero-order valence-corrected chi connectivity index (χ0v) is 17.3. The minimum absolute atomic E-state index is 0.0669. The van der Waals surface area contributed by atoms with Crippen LogP contribution in [-0.4, -0.2) is 46.1 Å². The van der Waals surface area contributed by atoms with E-state index >= 15 is 0 Å². The third-order valence-electron chi connectivity index (χ3n) is 4.10. The number of carboxylic acids is 2. The Balaban J connectivity index is 2.01. The fraction of sp³-hybridized carbons (Fsp3) is 0.235. The van der Waals surface area contributed by atoms with E-state index in [0.29, 0.717) is 15.7 Å². The maximum Gasteiger partial charge on any atom is 0.267 e. The second kappa shape index (κ2) is 8.02. The van der Waals surface area contributed by atoms with Gasteiger partial charge < -0.3 is 24.7 Å². The number of halogens is 1. The van der Waals surface area contributed by atoms with Crippen molar-refractivity contribution in [1.29, 1.82) is 0 Å². The highest BCUT2D eigenvalue weighted by Gasteiger charge is 2.41. The Morgan fingerprint density at radius 3 is 2.46 bits per heavy atom. The Labute approximate surface area is 177 Å². The number of anilines is 1. The molecule has 0 spiro atoms. The van der Waals surface area contributed by atoms with Crippen molar-refractivity contribution in [2.45, 2.75) is 12.8 Å². The summed E-state index contributed by atoms with van der Waals surface area (Å²) in [5.41, 5.74) is 0.836. The molecule has 0 aliphatic carbocycles. The van der Waals surface area contributed by atoms with E-state index in [1.165, 1.54) is 4.90 Å². The second-order valence-electron chi connectivity index (χ2n) is 5.93. The molecule has 0 radical (unpaired) electrons. The van der Waals surface area contributed by atoms with Gasteiger partial charge in [0.2, 0.25) is 0 Å². The predicted octanol–water partition coefficient (Wildman–Crippen LogP) is -0.353. The first-order valence-electron chi connectivity index (χ1n) is 8.00. The van der Waals surface area contributed by atoms with Gasteiger partial charge in [0.1, 0.15) is 4.32 Å². The number of nitrogens with zero attached hydrogens (tertiary/aromatic N) is 2. The van der Waals surface area contributed by atoms with E-state index in [1.54, 1.807) is 18.2 Å². The maximum absolute atomic E-state index is 12.9. The average molecular weight is 483 g/mol. The molecule has 28 heavy (non-hydrogen) atoms. The predicted molar refractivity (Wildman–Crippen MR) is 105 cm³/mol. The maximum atomic E-state index is 12.9. The number of carboxylic acid groups (broad SMARTS) is 2. The lowest BCUT2D eigenvalue weighted by Crippen LogP contribution is -2.39. The summed E-state index contributed by atoms with van der Waals surface area (Å²) < 4.78 is 0.852. The van der Waals surface area contributed by atoms with Crippen LogP contribution in [0.4, 0.5) is 5.69 Å². The number of aliphatic carboxylic acids is 2. The number of benzene rings is 1. The number of amides is 2. The van der Waals surface area contributed by atoms with Gasteiger partial charge in [-0.3, -0.25) is 14.5 Å². The number of thioether (sulfide) groups is 1. The fourth-order valence-electron chi connectivity index (χ4n) is 2.93. The van der Waals surface area contributed by atoms with E-state index in [-0.39, 0.29) is 34.2 Å². The fourth-order valence-corrected chi connectivity index (χ4v) is 4.67. The number of rotatable bonds is 6. The SMILES string of the molecule is O=C([O-])CCCN1C(=O)/C(=C2/C(=O)N(CC(=O)[O-])c3ccc(Br)cc32)SC1=S. The summed E-state index contributed by atoms with van der Waals surface area (Å²) in [7, 11) is 0. The third kappa shape index (κ3) is 3.82. The summed E-state index contributed by atoms with van der Waals surface area (Å²) in [6.07, 6.45) is -0.0681. The highest BCUT2D eigenvalue weighted by molar-refractivity contribution is 9.10. The Kier molecular flexibility index (Phi) is 5.87. The van der Waals surface area contributed by atoms with E-state index in [0.717, 1.165) is 16.7 Å². The zero-order valence-electron chi connectivity index (χ0n) is 14.1. The molecule has 2 amide bonds. The monoisotopic (exact) mass is 482 g/mol. The van der Waals surface area contributed by atoms with Crippen molar-refractivity contribution < 1.29 is 29.4 Å². The lowest BCUT2D eigenvalue weighted by molar-refractivity contribution is -0.306. The molecule has 146 valence electrons. The Morgan fingerprint density at radius 2 is 1.82 bits per heavy atom.